The fourth-order valence-corrected chi connectivity index (χ4v) is 3.38. The van der Waals surface area contributed by atoms with E-state index in [4.69, 9.17) is 4.74 Å². The number of pyridine rings is 2. The summed E-state index contributed by atoms with van der Waals surface area (Å²) in [6.45, 7) is 0.540. The molecule has 30 heavy (non-hydrogen) atoms. The maximum absolute atomic E-state index is 12.6. The first-order valence-corrected chi connectivity index (χ1v) is 9.83. The largest absolute Gasteiger partial charge is 0.497 e. The summed E-state index contributed by atoms with van der Waals surface area (Å²) >= 11 is 0. The van der Waals surface area contributed by atoms with E-state index in [1.165, 1.54) is 0 Å². The number of fused-ring (bicyclic) bond motifs is 1. The number of nitrogens with zero attached hydrogens (tertiary/aromatic N) is 3. The number of methoxy groups -OCH3 is 1. The van der Waals surface area contributed by atoms with Gasteiger partial charge in [-0.05, 0) is 60.7 Å². The number of anilines is 2. The number of aromatic nitrogens is 2. The van der Waals surface area contributed by atoms with Gasteiger partial charge in [-0.1, -0.05) is 6.07 Å². The minimum Gasteiger partial charge on any atom is -0.497 e. The standard InChI is InChI=1S/C24H24N4O2/c1-27(20-8-11-22(30-2)12-9-20)23-13-10-21-7-6-18(17-28(21)23)24(29)26-16-14-19-5-3-4-15-25-19/h3-13,15,17H,14,16H2,1-2H3,(H,26,29). The van der Waals surface area contributed by atoms with Crippen LogP contribution in [0.5, 0.6) is 5.75 Å². The van der Waals surface area contributed by atoms with Crippen LogP contribution in [0.3, 0.4) is 0 Å². The highest BCUT2D eigenvalue weighted by Crippen LogP contribution is 2.27. The molecule has 0 spiro atoms. The molecule has 0 atom stereocenters. The molecule has 0 fully saturated rings. The minimum atomic E-state index is -0.0976. The van der Waals surface area contributed by atoms with E-state index < -0.39 is 0 Å². The average molecular weight is 400 g/mol. The van der Waals surface area contributed by atoms with Crippen molar-refractivity contribution in [1.29, 1.82) is 0 Å². The zero-order chi connectivity index (χ0) is 20.9. The van der Waals surface area contributed by atoms with Crippen LogP contribution in [0.1, 0.15) is 16.1 Å². The Morgan fingerprint density at radius 2 is 1.87 bits per heavy atom. The first-order chi connectivity index (χ1) is 14.7. The molecule has 0 aliphatic carbocycles. The molecule has 0 bridgehead atoms. The van der Waals surface area contributed by atoms with Crippen molar-refractivity contribution in [1.82, 2.24) is 14.7 Å². The van der Waals surface area contributed by atoms with E-state index in [0.29, 0.717) is 18.5 Å². The second kappa shape index (κ2) is 8.69. The van der Waals surface area contributed by atoms with Gasteiger partial charge in [0.15, 0.2) is 0 Å². The third kappa shape index (κ3) is 4.12. The second-order valence-corrected chi connectivity index (χ2v) is 6.99. The molecule has 3 heterocycles. The van der Waals surface area contributed by atoms with Gasteiger partial charge in [-0.15, -0.1) is 0 Å². The third-order valence-corrected chi connectivity index (χ3v) is 5.09. The van der Waals surface area contributed by atoms with Crippen LogP contribution < -0.4 is 15.0 Å². The Balaban J connectivity index is 1.51. The number of carbonyl (C=O) groups is 1. The molecule has 3 aromatic heterocycles. The monoisotopic (exact) mass is 400 g/mol. The topological polar surface area (TPSA) is 58.9 Å². The predicted octanol–water partition coefficient (Wildman–Crippen LogP) is 4.08. The third-order valence-electron chi connectivity index (χ3n) is 5.09. The molecular weight excluding hydrogens is 376 g/mol. The van der Waals surface area contributed by atoms with Crippen LogP contribution in [0, 0.1) is 0 Å². The second-order valence-electron chi connectivity index (χ2n) is 6.99. The summed E-state index contributed by atoms with van der Waals surface area (Å²) in [5, 5.41) is 2.98. The number of hydrogen-bond acceptors (Lipinski definition) is 4. The molecule has 1 aromatic carbocycles. The van der Waals surface area contributed by atoms with E-state index in [1.54, 1.807) is 13.3 Å². The maximum atomic E-state index is 12.6. The van der Waals surface area contributed by atoms with Crippen LogP contribution in [0.15, 0.2) is 79.1 Å². The first-order valence-electron chi connectivity index (χ1n) is 9.83. The molecule has 0 saturated carbocycles. The highest BCUT2D eigenvalue weighted by atomic mass is 16.5. The zero-order valence-corrected chi connectivity index (χ0v) is 17.1. The van der Waals surface area contributed by atoms with Crippen LogP contribution in [0.25, 0.3) is 5.52 Å². The van der Waals surface area contributed by atoms with Crippen molar-refractivity contribution >= 4 is 22.9 Å². The lowest BCUT2D eigenvalue weighted by atomic mass is 10.2. The van der Waals surface area contributed by atoms with Crippen molar-refractivity contribution in [2.45, 2.75) is 6.42 Å². The predicted molar refractivity (Wildman–Crippen MR) is 119 cm³/mol. The molecule has 1 N–H and O–H groups in total. The highest BCUT2D eigenvalue weighted by molar-refractivity contribution is 5.94. The van der Waals surface area contributed by atoms with E-state index in [-0.39, 0.29) is 5.91 Å². The van der Waals surface area contributed by atoms with Crippen molar-refractivity contribution in [2.24, 2.45) is 0 Å². The molecule has 4 rings (SSSR count). The molecule has 0 aliphatic rings. The van der Waals surface area contributed by atoms with Crippen molar-refractivity contribution in [2.75, 3.05) is 25.6 Å². The number of amides is 1. The summed E-state index contributed by atoms with van der Waals surface area (Å²) < 4.78 is 7.27. The molecule has 0 unspecified atom stereocenters. The van der Waals surface area contributed by atoms with Crippen LogP contribution in [0.4, 0.5) is 11.5 Å². The van der Waals surface area contributed by atoms with Gasteiger partial charge in [0.05, 0.1) is 12.7 Å². The van der Waals surface area contributed by atoms with E-state index in [2.05, 4.69) is 15.2 Å². The summed E-state index contributed by atoms with van der Waals surface area (Å²) in [5.41, 5.74) is 3.63. The number of benzene rings is 1. The van der Waals surface area contributed by atoms with Gasteiger partial charge >= 0.3 is 0 Å². The van der Waals surface area contributed by atoms with E-state index in [0.717, 1.165) is 28.5 Å². The van der Waals surface area contributed by atoms with Gasteiger partial charge in [-0.25, -0.2) is 0 Å². The Kier molecular flexibility index (Phi) is 5.66. The number of ether oxygens (including phenoxy) is 1. The summed E-state index contributed by atoms with van der Waals surface area (Å²) in [5.74, 6) is 1.69. The molecule has 0 radical (unpaired) electrons. The summed E-state index contributed by atoms with van der Waals surface area (Å²) in [6.07, 6.45) is 4.34. The molecule has 6 heteroatoms. The molecule has 0 aliphatic heterocycles. The van der Waals surface area contributed by atoms with Gasteiger partial charge in [0.2, 0.25) is 0 Å². The van der Waals surface area contributed by atoms with Crippen molar-refractivity contribution < 1.29 is 9.53 Å². The number of hydrogen-bond donors (Lipinski definition) is 1. The summed E-state index contributed by atoms with van der Waals surface area (Å²) in [7, 11) is 3.66. The molecule has 4 aromatic rings. The quantitative estimate of drug-likeness (QED) is 0.508. The van der Waals surface area contributed by atoms with Gasteiger partial charge < -0.3 is 19.4 Å². The summed E-state index contributed by atoms with van der Waals surface area (Å²) in [6, 6.07) is 21.6. The summed E-state index contributed by atoms with van der Waals surface area (Å²) in [4.78, 5) is 19.0. The minimum absolute atomic E-state index is 0.0976. The molecule has 0 saturated heterocycles. The van der Waals surface area contributed by atoms with Crippen LogP contribution in [-0.2, 0) is 6.42 Å². The lowest BCUT2D eigenvalue weighted by Gasteiger charge is -2.20. The van der Waals surface area contributed by atoms with Gasteiger partial charge in [0, 0.05) is 49.3 Å². The van der Waals surface area contributed by atoms with Crippen molar-refractivity contribution in [3.8, 4) is 5.75 Å². The fraction of sp³-hybridized carbons (Fsp3) is 0.167. The SMILES string of the molecule is COc1ccc(N(C)c2ccc3ccc(C(=O)NCCc4ccccn4)cn23)cc1. The van der Waals surface area contributed by atoms with E-state index in [9.17, 15) is 4.79 Å². The van der Waals surface area contributed by atoms with Gasteiger partial charge in [-0.3, -0.25) is 9.78 Å². The number of carbonyl (C=O) groups excluding carboxylic acids is 1. The van der Waals surface area contributed by atoms with Crippen LogP contribution in [0.2, 0.25) is 0 Å². The lowest BCUT2D eigenvalue weighted by molar-refractivity contribution is 0.0953. The molecular formula is C24H24N4O2. The van der Waals surface area contributed by atoms with Crippen LogP contribution in [-0.4, -0.2) is 36.0 Å². The molecule has 1 amide bonds. The Labute approximate surface area is 175 Å². The van der Waals surface area contributed by atoms with E-state index >= 15 is 0 Å². The van der Waals surface area contributed by atoms with Gasteiger partial charge in [-0.2, -0.15) is 0 Å². The number of rotatable bonds is 7. The Bertz CT molecular complexity index is 1140. The fourth-order valence-electron chi connectivity index (χ4n) is 3.38. The Hall–Kier alpha value is -3.80. The van der Waals surface area contributed by atoms with E-state index in [1.807, 2.05) is 84.4 Å². The Morgan fingerprint density at radius 1 is 1.07 bits per heavy atom. The smallest absolute Gasteiger partial charge is 0.252 e. The van der Waals surface area contributed by atoms with Gasteiger partial charge in [0.25, 0.3) is 5.91 Å². The Morgan fingerprint density at radius 3 is 2.60 bits per heavy atom. The average Bonchev–Trinajstić information content (AvgIpc) is 3.22. The normalized spacial score (nSPS) is 10.7. The van der Waals surface area contributed by atoms with Crippen molar-refractivity contribution in [3.05, 3.63) is 90.4 Å². The maximum Gasteiger partial charge on any atom is 0.252 e. The molecule has 6 nitrogen and oxygen atoms in total. The highest BCUT2D eigenvalue weighted by Gasteiger charge is 2.12. The van der Waals surface area contributed by atoms with Crippen molar-refractivity contribution in [3.63, 3.8) is 0 Å². The first kappa shape index (κ1) is 19.5. The van der Waals surface area contributed by atoms with Crippen LogP contribution >= 0.6 is 0 Å². The zero-order valence-electron chi connectivity index (χ0n) is 17.1. The van der Waals surface area contributed by atoms with Gasteiger partial charge in [0.1, 0.15) is 11.6 Å². The number of nitrogens with one attached hydrogen (secondary N) is 1. The molecule has 152 valence electrons. The lowest BCUT2D eigenvalue weighted by Crippen LogP contribution is -2.26.